The Balaban J connectivity index is 1.80. The van der Waals surface area contributed by atoms with Crippen LogP contribution in [0.1, 0.15) is 38.5 Å². The molecule has 2 aliphatic rings. The third kappa shape index (κ3) is 3.19. The second-order valence-corrected chi connectivity index (χ2v) is 5.55. The molecule has 1 aliphatic heterocycles. The van der Waals surface area contributed by atoms with Gasteiger partial charge in [-0.25, -0.2) is 0 Å². The average molecular weight is 226 g/mol. The first-order valence-corrected chi connectivity index (χ1v) is 6.78. The molecule has 0 atom stereocenters. The first-order valence-electron chi connectivity index (χ1n) is 6.78. The Labute approximate surface area is 99.3 Å². The third-order valence-electron chi connectivity index (χ3n) is 4.24. The minimum atomic E-state index is 0.391. The normalized spacial score (nSPS) is 26.1. The van der Waals surface area contributed by atoms with E-state index in [4.69, 9.17) is 4.74 Å². The van der Waals surface area contributed by atoms with Crippen LogP contribution in [0, 0.1) is 5.41 Å². The van der Waals surface area contributed by atoms with Crippen LogP contribution in [-0.4, -0.2) is 39.4 Å². The number of piperidine rings is 1. The molecule has 2 N–H and O–H groups in total. The van der Waals surface area contributed by atoms with Crippen molar-refractivity contribution in [2.24, 2.45) is 5.41 Å². The van der Waals surface area contributed by atoms with Crippen LogP contribution in [0.4, 0.5) is 0 Å². The zero-order chi connectivity index (χ0) is 11.3. The molecule has 0 spiro atoms. The van der Waals surface area contributed by atoms with Gasteiger partial charge in [0.05, 0.1) is 6.61 Å². The highest BCUT2D eigenvalue weighted by molar-refractivity contribution is 4.88. The number of ether oxygens (including phenoxy) is 1. The largest absolute Gasteiger partial charge is 0.384 e. The van der Waals surface area contributed by atoms with Gasteiger partial charge in [-0.1, -0.05) is 12.8 Å². The summed E-state index contributed by atoms with van der Waals surface area (Å²) in [4.78, 5) is 0. The second kappa shape index (κ2) is 5.99. The predicted octanol–water partition coefficient (Wildman–Crippen LogP) is 1.53. The summed E-state index contributed by atoms with van der Waals surface area (Å²) in [5.74, 6) is 0. The Bertz CT molecular complexity index is 191. The highest BCUT2D eigenvalue weighted by atomic mass is 16.5. The van der Waals surface area contributed by atoms with E-state index in [1.807, 2.05) is 7.11 Å². The van der Waals surface area contributed by atoms with Crippen LogP contribution >= 0.6 is 0 Å². The molecule has 1 saturated carbocycles. The van der Waals surface area contributed by atoms with E-state index in [0.29, 0.717) is 5.41 Å². The Hall–Kier alpha value is -0.120. The maximum Gasteiger partial charge on any atom is 0.0531 e. The molecule has 0 aromatic carbocycles. The summed E-state index contributed by atoms with van der Waals surface area (Å²) in [5, 5.41) is 7.21. The van der Waals surface area contributed by atoms with Gasteiger partial charge in [0.25, 0.3) is 0 Å². The molecular weight excluding hydrogens is 200 g/mol. The zero-order valence-electron chi connectivity index (χ0n) is 10.6. The molecule has 0 radical (unpaired) electrons. The van der Waals surface area contributed by atoms with Gasteiger partial charge in [-0.2, -0.15) is 0 Å². The van der Waals surface area contributed by atoms with Gasteiger partial charge in [-0.05, 0) is 38.8 Å². The van der Waals surface area contributed by atoms with Crippen molar-refractivity contribution in [1.29, 1.82) is 0 Å². The second-order valence-electron chi connectivity index (χ2n) is 5.55. The van der Waals surface area contributed by atoms with Crippen molar-refractivity contribution in [3.8, 4) is 0 Å². The molecule has 1 saturated heterocycles. The Morgan fingerprint density at radius 2 is 1.94 bits per heavy atom. The van der Waals surface area contributed by atoms with Crippen LogP contribution < -0.4 is 10.6 Å². The van der Waals surface area contributed by atoms with Crippen LogP contribution in [0.5, 0.6) is 0 Å². The van der Waals surface area contributed by atoms with Crippen molar-refractivity contribution in [1.82, 2.24) is 10.6 Å². The highest BCUT2D eigenvalue weighted by Gasteiger charge is 2.32. The molecule has 0 bridgehead atoms. The van der Waals surface area contributed by atoms with Crippen LogP contribution in [0.15, 0.2) is 0 Å². The third-order valence-corrected chi connectivity index (χ3v) is 4.24. The van der Waals surface area contributed by atoms with Gasteiger partial charge >= 0.3 is 0 Å². The van der Waals surface area contributed by atoms with Crippen LogP contribution in [0.3, 0.4) is 0 Å². The van der Waals surface area contributed by atoms with Gasteiger partial charge in [-0.3, -0.25) is 0 Å². The minimum Gasteiger partial charge on any atom is -0.384 e. The van der Waals surface area contributed by atoms with E-state index in [-0.39, 0.29) is 0 Å². The lowest BCUT2D eigenvalue weighted by molar-refractivity contribution is 0.0516. The van der Waals surface area contributed by atoms with E-state index in [2.05, 4.69) is 10.6 Å². The average Bonchev–Trinajstić information content (AvgIpc) is 2.81. The van der Waals surface area contributed by atoms with Crippen LogP contribution in [0.2, 0.25) is 0 Å². The van der Waals surface area contributed by atoms with E-state index in [0.717, 1.165) is 32.3 Å². The first kappa shape index (κ1) is 12.3. The van der Waals surface area contributed by atoms with E-state index in [1.165, 1.54) is 38.5 Å². The Kier molecular flexibility index (Phi) is 4.62. The van der Waals surface area contributed by atoms with E-state index in [1.54, 1.807) is 0 Å². The number of hydrogen-bond donors (Lipinski definition) is 2. The maximum absolute atomic E-state index is 5.43. The number of hydrogen-bond acceptors (Lipinski definition) is 3. The van der Waals surface area contributed by atoms with Crippen molar-refractivity contribution in [3.63, 3.8) is 0 Å². The fourth-order valence-electron chi connectivity index (χ4n) is 3.13. The Morgan fingerprint density at radius 1 is 1.25 bits per heavy atom. The topological polar surface area (TPSA) is 33.3 Å². The lowest BCUT2D eigenvalue weighted by atomic mass is 9.79. The molecule has 0 aromatic rings. The van der Waals surface area contributed by atoms with E-state index < -0.39 is 0 Å². The van der Waals surface area contributed by atoms with Crippen molar-refractivity contribution in [2.75, 3.05) is 33.4 Å². The van der Waals surface area contributed by atoms with Gasteiger partial charge in [0.15, 0.2) is 0 Å². The van der Waals surface area contributed by atoms with Crippen molar-refractivity contribution < 1.29 is 4.74 Å². The minimum absolute atomic E-state index is 0.391. The van der Waals surface area contributed by atoms with Crippen molar-refractivity contribution in [3.05, 3.63) is 0 Å². The molecule has 0 aromatic heterocycles. The smallest absolute Gasteiger partial charge is 0.0531 e. The molecule has 94 valence electrons. The molecule has 2 rings (SSSR count). The summed E-state index contributed by atoms with van der Waals surface area (Å²) >= 11 is 0. The monoisotopic (exact) mass is 226 g/mol. The summed E-state index contributed by atoms with van der Waals surface area (Å²) in [6, 6.07) is 0.781. The van der Waals surface area contributed by atoms with Crippen molar-refractivity contribution in [2.45, 2.75) is 44.6 Å². The SMILES string of the molecule is COCC1(CNC2CCCC2)CCNCC1. The van der Waals surface area contributed by atoms with Crippen LogP contribution in [-0.2, 0) is 4.74 Å². The lowest BCUT2D eigenvalue weighted by Crippen LogP contribution is -2.47. The van der Waals surface area contributed by atoms with Crippen LogP contribution in [0.25, 0.3) is 0 Å². The van der Waals surface area contributed by atoms with Gasteiger partial charge in [0.1, 0.15) is 0 Å². The lowest BCUT2D eigenvalue weighted by Gasteiger charge is -2.38. The van der Waals surface area contributed by atoms with E-state index in [9.17, 15) is 0 Å². The molecule has 3 heteroatoms. The van der Waals surface area contributed by atoms with Gasteiger partial charge in [0, 0.05) is 25.1 Å². The number of nitrogens with one attached hydrogen (secondary N) is 2. The fourth-order valence-corrected chi connectivity index (χ4v) is 3.13. The summed E-state index contributed by atoms with van der Waals surface area (Å²) in [7, 11) is 1.83. The first-order chi connectivity index (χ1) is 7.85. The summed E-state index contributed by atoms with van der Waals surface area (Å²) in [5.41, 5.74) is 0.391. The van der Waals surface area contributed by atoms with Gasteiger partial charge in [0.2, 0.25) is 0 Å². The summed E-state index contributed by atoms with van der Waals surface area (Å²) < 4.78 is 5.43. The zero-order valence-corrected chi connectivity index (χ0v) is 10.6. The Morgan fingerprint density at radius 3 is 2.56 bits per heavy atom. The molecule has 2 fully saturated rings. The molecule has 1 aliphatic carbocycles. The summed E-state index contributed by atoms with van der Waals surface area (Å²) in [6.45, 7) is 4.35. The quantitative estimate of drug-likeness (QED) is 0.746. The highest BCUT2D eigenvalue weighted by Crippen LogP contribution is 2.29. The molecule has 1 heterocycles. The predicted molar refractivity (Wildman–Crippen MR) is 66.7 cm³/mol. The molecule has 16 heavy (non-hydrogen) atoms. The number of methoxy groups -OCH3 is 1. The summed E-state index contributed by atoms with van der Waals surface area (Å²) in [6.07, 6.45) is 8.08. The molecule has 0 unspecified atom stereocenters. The standard InChI is InChI=1S/C13H26N2O/c1-16-11-13(6-8-14-9-7-13)10-15-12-4-2-3-5-12/h12,14-15H,2-11H2,1H3. The number of rotatable bonds is 5. The van der Waals surface area contributed by atoms with Gasteiger partial charge < -0.3 is 15.4 Å². The molecule has 0 amide bonds. The fraction of sp³-hybridized carbons (Fsp3) is 1.00. The molecule has 3 nitrogen and oxygen atoms in total. The van der Waals surface area contributed by atoms with Gasteiger partial charge in [-0.15, -0.1) is 0 Å². The van der Waals surface area contributed by atoms with E-state index >= 15 is 0 Å². The molecular formula is C13H26N2O. The van der Waals surface area contributed by atoms with Crippen molar-refractivity contribution >= 4 is 0 Å². The maximum atomic E-state index is 5.43.